The van der Waals surface area contributed by atoms with Crippen LogP contribution in [0.2, 0.25) is 0 Å². The van der Waals surface area contributed by atoms with E-state index in [0.29, 0.717) is 11.7 Å². The van der Waals surface area contributed by atoms with Crippen molar-refractivity contribution in [3.8, 4) is 0 Å². The van der Waals surface area contributed by atoms with Gasteiger partial charge in [-0.15, -0.1) is 0 Å². The molecule has 0 bridgehead atoms. The monoisotopic (exact) mass is 391 g/mol. The Bertz CT molecular complexity index is 959. The van der Waals surface area contributed by atoms with Gasteiger partial charge in [0.15, 0.2) is 0 Å². The fourth-order valence-electron chi connectivity index (χ4n) is 4.33. The normalized spacial score (nSPS) is 17.4. The van der Waals surface area contributed by atoms with Crippen LogP contribution in [-0.2, 0) is 20.1 Å². The van der Waals surface area contributed by atoms with Gasteiger partial charge >= 0.3 is 0 Å². The summed E-state index contributed by atoms with van der Waals surface area (Å²) in [5, 5.41) is 2.73. The Labute approximate surface area is 172 Å². The lowest BCUT2D eigenvalue weighted by atomic mass is 9.99. The summed E-state index contributed by atoms with van der Waals surface area (Å²) < 4.78 is 4.28. The number of rotatable bonds is 6. The molecule has 1 N–H and O–H groups in total. The molecule has 1 aliphatic heterocycles. The van der Waals surface area contributed by atoms with Gasteiger partial charge in [0, 0.05) is 38.7 Å². The molecular weight excluding hydrogens is 362 g/mol. The lowest BCUT2D eigenvalue weighted by Crippen LogP contribution is -2.35. The maximum absolute atomic E-state index is 12.1. The van der Waals surface area contributed by atoms with Crippen LogP contribution in [0.25, 0.3) is 0 Å². The lowest BCUT2D eigenvalue weighted by Gasteiger charge is -2.36. The quantitative estimate of drug-likeness (QED) is 0.701. The first kappa shape index (κ1) is 19.5. The van der Waals surface area contributed by atoms with Crippen molar-refractivity contribution in [1.29, 1.82) is 0 Å². The number of piperidine rings is 1. The molecule has 1 aromatic carbocycles. The summed E-state index contributed by atoms with van der Waals surface area (Å²) in [6.07, 6.45) is 7.46. The van der Waals surface area contributed by atoms with E-state index in [0.717, 1.165) is 31.9 Å². The summed E-state index contributed by atoms with van der Waals surface area (Å²) in [4.78, 5) is 19.3. The van der Waals surface area contributed by atoms with E-state index < -0.39 is 0 Å². The lowest BCUT2D eigenvalue weighted by molar-refractivity contribution is 0.0952. The Hall–Kier alpha value is -2.86. The molecule has 1 amide bonds. The van der Waals surface area contributed by atoms with E-state index >= 15 is 0 Å². The van der Waals surface area contributed by atoms with Crippen LogP contribution in [0.5, 0.6) is 0 Å². The number of hydrogen-bond donors (Lipinski definition) is 1. The fraction of sp³-hybridized carbons (Fsp3) is 0.391. The number of aromatic nitrogens is 3. The zero-order chi connectivity index (χ0) is 20.2. The number of nitrogens with zero attached hydrogens (tertiary/aromatic N) is 4. The van der Waals surface area contributed by atoms with Crippen molar-refractivity contribution in [2.75, 3.05) is 13.6 Å². The van der Waals surface area contributed by atoms with Crippen LogP contribution in [0, 0.1) is 0 Å². The van der Waals surface area contributed by atoms with Gasteiger partial charge in [-0.2, -0.15) is 0 Å². The minimum Gasteiger partial charge on any atom is -0.354 e. The number of likely N-dealkylation sites (tertiary alicyclic amines) is 1. The number of amides is 1. The van der Waals surface area contributed by atoms with E-state index in [-0.39, 0.29) is 5.91 Å². The third kappa shape index (κ3) is 4.12. The van der Waals surface area contributed by atoms with E-state index in [2.05, 4.69) is 56.3 Å². The summed E-state index contributed by atoms with van der Waals surface area (Å²) in [7, 11) is 3.66. The molecule has 29 heavy (non-hydrogen) atoms. The Morgan fingerprint density at radius 1 is 1.14 bits per heavy atom. The predicted molar refractivity (Wildman–Crippen MR) is 114 cm³/mol. The summed E-state index contributed by atoms with van der Waals surface area (Å²) in [6, 6.07) is 14.8. The highest BCUT2D eigenvalue weighted by Gasteiger charge is 2.28. The summed E-state index contributed by atoms with van der Waals surface area (Å²) in [5.41, 5.74) is 3.18. The average Bonchev–Trinajstić information content (AvgIpc) is 3.35. The van der Waals surface area contributed by atoms with Crippen molar-refractivity contribution in [3.05, 3.63) is 77.6 Å². The molecule has 6 nitrogen and oxygen atoms in total. The second kappa shape index (κ2) is 8.66. The number of hydrogen-bond acceptors (Lipinski definition) is 3. The van der Waals surface area contributed by atoms with Crippen LogP contribution in [0.15, 0.2) is 54.9 Å². The second-order valence-corrected chi connectivity index (χ2v) is 7.72. The summed E-state index contributed by atoms with van der Waals surface area (Å²) in [6.45, 7) is 2.69. The fourth-order valence-corrected chi connectivity index (χ4v) is 4.33. The minimum atomic E-state index is -0.0421. The van der Waals surface area contributed by atoms with Crippen LogP contribution in [0.3, 0.4) is 0 Å². The van der Waals surface area contributed by atoms with Gasteiger partial charge in [0.2, 0.25) is 0 Å². The van der Waals surface area contributed by atoms with E-state index in [1.807, 2.05) is 29.9 Å². The van der Waals surface area contributed by atoms with Gasteiger partial charge in [0.05, 0.1) is 12.6 Å². The maximum atomic E-state index is 12.1. The molecule has 0 saturated carbocycles. The Morgan fingerprint density at radius 2 is 1.97 bits per heavy atom. The minimum absolute atomic E-state index is 0.0421. The summed E-state index contributed by atoms with van der Waals surface area (Å²) >= 11 is 0. The molecule has 1 aliphatic rings. The Morgan fingerprint density at radius 3 is 2.76 bits per heavy atom. The molecule has 3 heterocycles. The van der Waals surface area contributed by atoms with Crippen LogP contribution in [-0.4, -0.2) is 38.5 Å². The van der Waals surface area contributed by atoms with E-state index in [9.17, 15) is 4.79 Å². The topological polar surface area (TPSA) is 55.1 Å². The second-order valence-electron chi connectivity index (χ2n) is 7.72. The average molecular weight is 392 g/mol. The van der Waals surface area contributed by atoms with Crippen LogP contribution >= 0.6 is 0 Å². The molecule has 1 fully saturated rings. The van der Waals surface area contributed by atoms with Crippen LogP contribution in [0.4, 0.5) is 0 Å². The van der Waals surface area contributed by atoms with Crippen molar-refractivity contribution in [3.63, 3.8) is 0 Å². The third-order valence-electron chi connectivity index (χ3n) is 5.92. The van der Waals surface area contributed by atoms with Gasteiger partial charge in [-0.05, 0) is 37.1 Å². The molecule has 2 aromatic heterocycles. The van der Waals surface area contributed by atoms with Gasteiger partial charge in [-0.3, -0.25) is 9.69 Å². The molecule has 152 valence electrons. The number of carbonyl (C=O) groups is 1. The number of nitrogens with one attached hydrogen (secondary N) is 1. The smallest absolute Gasteiger partial charge is 0.267 e. The van der Waals surface area contributed by atoms with Gasteiger partial charge in [0.25, 0.3) is 5.91 Å². The molecular formula is C23H29N5O. The van der Waals surface area contributed by atoms with E-state index in [1.54, 1.807) is 7.05 Å². The van der Waals surface area contributed by atoms with Crippen molar-refractivity contribution in [2.45, 2.75) is 38.4 Å². The van der Waals surface area contributed by atoms with Crippen molar-refractivity contribution in [1.82, 2.24) is 24.3 Å². The van der Waals surface area contributed by atoms with Gasteiger partial charge in [-0.25, -0.2) is 4.98 Å². The highest BCUT2D eigenvalue weighted by molar-refractivity contribution is 5.92. The first-order chi connectivity index (χ1) is 14.2. The van der Waals surface area contributed by atoms with Crippen molar-refractivity contribution >= 4 is 5.91 Å². The summed E-state index contributed by atoms with van der Waals surface area (Å²) in [5.74, 6) is 1.04. The van der Waals surface area contributed by atoms with Crippen LogP contribution < -0.4 is 5.32 Å². The van der Waals surface area contributed by atoms with E-state index in [1.165, 1.54) is 24.1 Å². The van der Waals surface area contributed by atoms with Gasteiger partial charge < -0.3 is 14.5 Å². The molecule has 1 atom stereocenters. The standard InChI is InChI=1S/C23H29N5O/c1-24-23(29)21-12-11-19(26(21)2)20-10-6-7-14-27(20)17-22-25-13-15-28(22)16-18-8-4-3-5-9-18/h3-5,8-9,11-13,15,20H,6-7,10,14,16-17H2,1-2H3,(H,24,29)/t20-/m0/s1. The molecule has 1 saturated heterocycles. The number of carbonyl (C=O) groups excluding carboxylic acids is 1. The Balaban J connectivity index is 1.55. The van der Waals surface area contributed by atoms with Gasteiger partial charge in [-0.1, -0.05) is 36.8 Å². The van der Waals surface area contributed by atoms with Crippen molar-refractivity contribution in [2.24, 2.45) is 7.05 Å². The highest BCUT2D eigenvalue weighted by Crippen LogP contribution is 2.32. The molecule has 0 unspecified atom stereocenters. The zero-order valence-corrected chi connectivity index (χ0v) is 17.2. The third-order valence-corrected chi connectivity index (χ3v) is 5.92. The molecule has 3 aromatic rings. The number of imidazole rings is 1. The molecule has 0 radical (unpaired) electrons. The molecule has 6 heteroatoms. The highest BCUT2D eigenvalue weighted by atomic mass is 16.1. The Kier molecular flexibility index (Phi) is 5.81. The molecule has 4 rings (SSSR count). The largest absolute Gasteiger partial charge is 0.354 e. The van der Waals surface area contributed by atoms with Crippen LogP contribution in [0.1, 0.15) is 52.9 Å². The molecule has 0 spiro atoms. The SMILES string of the molecule is CNC(=O)c1ccc([C@@H]2CCCCN2Cc2nccn2Cc2ccccc2)n1C. The van der Waals surface area contributed by atoms with Gasteiger partial charge in [0.1, 0.15) is 11.5 Å². The number of benzene rings is 1. The zero-order valence-electron chi connectivity index (χ0n) is 17.2. The maximum Gasteiger partial charge on any atom is 0.267 e. The predicted octanol–water partition coefficient (Wildman–Crippen LogP) is 3.36. The first-order valence-corrected chi connectivity index (χ1v) is 10.3. The first-order valence-electron chi connectivity index (χ1n) is 10.3. The molecule has 0 aliphatic carbocycles. The van der Waals surface area contributed by atoms with E-state index in [4.69, 9.17) is 0 Å². The van der Waals surface area contributed by atoms with Crippen molar-refractivity contribution < 1.29 is 4.79 Å².